The second kappa shape index (κ2) is 12.3. The molecule has 2 heteroatoms. The summed E-state index contributed by atoms with van der Waals surface area (Å²) >= 11 is 0. The van der Waals surface area contributed by atoms with Crippen molar-refractivity contribution in [2.75, 3.05) is 0 Å². The Labute approximate surface area is 206 Å². The Hall–Kier alpha value is -1.70. The minimum atomic E-state index is -0.402. The van der Waals surface area contributed by atoms with Gasteiger partial charge in [-0.2, -0.15) is 0 Å². The molecule has 2 aliphatic carbocycles. The standard InChI is InChI=1S/C32H44F2/c1-3-5-7-8-10-11-23-13-14-26-22-27(16-15-25(26)19-23)29-18-17-28-20-24(12-9-6-4-2)21-30(33)31(28)32(29)34/h4,6,17-18,20-21,23,25-27H,3,5,7-16,19,22H2,1-2H3/b6-4+. The first-order valence-electron chi connectivity index (χ1n) is 14.1. The molecule has 0 radical (unpaired) electrons. The second-order valence-electron chi connectivity index (χ2n) is 11.2. The van der Waals surface area contributed by atoms with Gasteiger partial charge in [-0.3, -0.25) is 0 Å². The smallest absolute Gasteiger partial charge is 0.137 e. The van der Waals surface area contributed by atoms with Gasteiger partial charge >= 0.3 is 0 Å². The van der Waals surface area contributed by atoms with Gasteiger partial charge in [0.1, 0.15) is 11.6 Å². The van der Waals surface area contributed by atoms with Crippen LogP contribution in [-0.4, -0.2) is 0 Å². The lowest BCUT2D eigenvalue weighted by atomic mass is 9.63. The molecule has 0 saturated heterocycles. The number of fused-ring (bicyclic) bond motifs is 2. The number of hydrogen-bond donors (Lipinski definition) is 0. The van der Waals surface area contributed by atoms with Crippen LogP contribution < -0.4 is 0 Å². The van der Waals surface area contributed by atoms with E-state index in [4.69, 9.17) is 0 Å². The van der Waals surface area contributed by atoms with Gasteiger partial charge in [0, 0.05) is 0 Å². The molecule has 0 amide bonds. The Morgan fingerprint density at radius 1 is 0.912 bits per heavy atom. The number of allylic oxidation sites excluding steroid dienone is 2. The van der Waals surface area contributed by atoms with E-state index in [0.717, 1.165) is 54.6 Å². The van der Waals surface area contributed by atoms with Crippen molar-refractivity contribution >= 4 is 10.8 Å². The predicted molar refractivity (Wildman–Crippen MR) is 141 cm³/mol. The molecule has 0 N–H and O–H groups in total. The number of unbranched alkanes of at least 4 members (excludes halogenated alkanes) is 4. The third-order valence-corrected chi connectivity index (χ3v) is 8.81. The molecule has 0 aromatic heterocycles. The number of benzene rings is 2. The third-order valence-electron chi connectivity index (χ3n) is 8.81. The van der Waals surface area contributed by atoms with Crippen molar-refractivity contribution < 1.29 is 8.78 Å². The van der Waals surface area contributed by atoms with E-state index in [-0.39, 0.29) is 17.1 Å². The van der Waals surface area contributed by atoms with Crippen LogP contribution in [0.25, 0.3) is 10.8 Å². The van der Waals surface area contributed by atoms with Gasteiger partial charge in [0.25, 0.3) is 0 Å². The fraction of sp³-hybridized carbons (Fsp3) is 0.625. The Kier molecular flexibility index (Phi) is 9.20. The summed E-state index contributed by atoms with van der Waals surface area (Å²) in [5.41, 5.74) is 1.70. The molecule has 0 bridgehead atoms. The first kappa shape index (κ1) is 25.4. The molecule has 34 heavy (non-hydrogen) atoms. The molecule has 2 fully saturated rings. The first-order valence-corrected chi connectivity index (χ1v) is 14.1. The van der Waals surface area contributed by atoms with Gasteiger partial charge in [-0.15, -0.1) is 0 Å². The SMILES string of the molecule is C/C=C/CCc1cc(F)c2c(F)c(C3CCC4CC(CCCCCCC)CCC4C3)ccc2c1. The van der Waals surface area contributed by atoms with E-state index in [0.29, 0.717) is 5.39 Å². The van der Waals surface area contributed by atoms with Crippen LogP contribution in [0.4, 0.5) is 8.78 Å². The molecule has 0 nitrogen and oxygen atoms in total. The zero-order chi connectivity index (χ0) is 23.9. The second-order valence-corrected chi connectivity index (χ2v) is 11.2. The van der Waals surface area contributed by atoms with Crippen LogP contribution in [0.3, 0.4) is 0 Å². The van der Waals surface area contributed by atoms with Crippen LogP contribution in [0, 0.1) is 29.4 Å². The molecule has 186 valence electrons. The van der Waals surface area contributed by atoms with Crippen molar-refractivity contribution in [1.82, 2.24) is 0 Å². The average molecular weight is 467 g/mol. The number of rotatable bonds is 10. The van der Waals surface area contributed by atoms with Gasteiger partial charge in [0.05, 0.1) is 5.39 Å². The summed E-state index contributed by atoms with van der Waals surface area (Å²) in [7, 11) is 0. The lowest BCUT2D eigenvalue weighted by Crippen LogP contribution is -2.30. The Bertz CT molecular complexity index is 959. The van der Waals surface area contributed by atoms with Crippen molar-refractivity contribution in [2.24, 2.45) is 17.8 Å². The van der Waals surface area contributed by atoms with Crippen LogP contribution in [0.5, 0.6) is 0 Å². The van der Waals surface area contributed by atoms with E-state index in [1.54, 1.807) is 6.07 Å². The van der Waals surface area contributed by atoms with Crippen molar-refractivity contribution in [3.8, 4) is 0 Å². The lowest BCUT2D eigenvalue weighted by molar-refractivity contribution is 0.112. The van der Waals surface area contributed by atoms with Crippen LogP contribution in [0.1, 0.15) is 114 Å². The normalized spacial score (nSPS) is 25.2. The summed E-state index contributed by atoms with van der Waals surface area (Å²) in [5, 5.41) is 0.894. The van der Waals surface area contributed by atoms with Crippen LogP contribution in [0.2, 0.25) is 0 Å². The van der Waals surface area contributed by atoms with E-state index >= 15 is 4.39 Å². The molecule has 2 aliphatic rings. The minimum Gasteiger partial charge on any atom is -0.206 e. The summed E-state index contributed by atoms with van der Waals surface area (Å²) in [5.74, 6) is 1.99. The number of aryl methyl sites for hydroxylation is 1. The van der Waals surface area contributed by atoms with E-state index in [1.165, 1.54) is 64.2 Å². The number of halogens is 2. The molecular formula is C32H44F2. The molecule has 4 rings (SSSR count). The fourth-order valence-corrected chi connectivity index (χ4v) is 6.89. The highest BCUT2D eigenvalue weighted by atomic mass is 19.1. The van der Waals surface area contributed by atoms with Gasteiger partial charge < -0.3 is 0 Å². The van der Waals surface area contributed by atoms with Gasteiger partial charge in [0.15, 0.2) is 0 Å². The lowest BCUT2D eigenvalue weighted by Gasteiger charge is -2.42. The molecule has 4 atom stereocenters. The summed E-state index contributed by atoms with van der Waals surface area (Å²) in [6.45, 7) is 4.27. The molecule has 4 unspecified atom stereocenters. The molecule has 2 aromatic carbocycles. The topological polar surface area (TPSA) is 0 Å². The maximum Gasteiger partial charge on any atom is 0.137 e. The Morgan fingerprint density at radius 2 is 1.71 bits per heavy atom. The minimum absolute atomic E-state index is 0.196. The van der Waals surface area contributed by atoms with Crippen LogP contribution in [0.15, 0.2) is 36.4 Å². The average Bonchev–Trinajstić information content (AvgIpc) is 2.84. The highest BCUT2D eigenvalue weighted by Gasteiger charge is 2.36. The zero-order valence-corrected chi connectivity index (χ0v) is 21.4. The van der Waals surface area contributed by atoms with E-state index in [9.17, 15) is 4.39 Å². The molecule has 2 saturated carbocycles. The van der Waals surface area contributed by atoms with Crippen molar-refractivity contribution in [2.45, 2.75) is 110 Å². The summed E-state index contributed by atoms with van der Waals surface area (Å²) < 4.78 is 30.6. The summed E-state index contributed by atoms with van der Waals surface area (Å²) in [6.07, 6.45) is 21.5. The van der Waals surface area contributed by atoms with E-state index in [2.05, 4.69) is 13.0 Å². The Balaban J connectivity index is 1.38. The van der Waals surface area contributed by atoms with Gasteiger partial charge in [-0.25, -0.2) is 8.78 Å². The predicted octanol–water partition coefficient (Wildman–Crippen LogP) is 10.3. The first-order chi connectivity index (χ1) is 16.6. The van der Waals surface area contributed by atoms with Crippen molar-refractivity contribution in [3.63, 3.8) is 0 Å². The molecule has 0 heterocycles. The molecule has 0 aliphatic heterocycles. The van der Waals surface area contributed by atoms with Gasteiger partial charge in [-0.1, -0.05) is 82.2 Å². The molecule has 2 aromatic rings. The highest BCUT2D eigenvalue weighted by Crippen LogP contribution is 2.49. The third kappa shape index (κ3) is 6.10. The van der Waals surface area contributed by atoms with Crippen molar-refractivity contribution in [1.29, 1.82) is 0 Å². The zero-order valence-electron chi connectivity index (χ0n) is 21.4. The van der Waals surface area contributed by atoms with Crippen LogP contribution >= 0.6 is 0 Å². The molecular weight excluding hydrogens is 422 g/mol. The van der Waals surface area contributed by atoms with Crippen LogP contribution in [-0.2, 0) is 6.42 Å². The van der Waals surface area contributed by atoms with Gasteiger partial charge in [0.2, 0.25) is 0 Å². The highest BCUT2D eigenvalue weighted by molar-refractivity contribution is 5.85. The molecule has 0 spiro atoms. The van der Waals surface area contributed by atoms with E-state index in [1.807, 2.05) is 31.2 Å². The monoisotopic (exact) mass is 466 g/mol. The Morgan fingerprint density at radius 3 is 2.53 bits per heavy atom. The van der Waals surface area contributed by atoms with E-state index < -0.39 is 5.82 Å². The largest absolute Gasteiger partial charge is 0.206 e. The number of hydrogen-bond acceptors (Lipinski definition) is 0. The quantitative estimate of drug-likeness (QED) is 0.241. The maximum atomic E-state index is 15.6. The van der Waals surface area contributed by atoms with Gasteiger partial charge in [-0.05, 0) is 98.1 Å². The fourth-order valence-electron chi connectivity index (χ4n) is 6.89. The maximum absolute atomic E-state index is 15.6. The van der Waals surface area contributed by atoms with Crippen molar-refractivity contribution in [3.05, 3.63) is 59.2 Å². The summed E-state index contributed by atoms with van der Waals surface area (Å²) in [6, 6.07) is 7.42. The summed E-state index contributed by atoms with van der Waals surface area (Å²) in [4.78, 5) is 0.